The van der Waals surface area contributed by atoms with Crippen LogP contribution in [0.5, 0.6) is 0 Å². The molecule has 0 aliphatic carbocycles. The van der Waals surface area contributed by atoms with Crippen LogP contribution in [0.1, 0.15) is 22.5 Å². The molecule has 1 fully saturated rings. The number of hydrogen-bond acceptors (Lipinski definition) is 4. The number of piperidine rings is 1. The van der Waals surface area contributed by atoms with Crippen LogP contribution in [-0.4, -0.2) is 36.4 Å². The topological polar surface area (TPSA) is 46.3 Å². The summed E-state index contributed by atoms with van der Waals surface area (Å²) in [5.74, 6) is 0.221. The number of carbonyl (C=O) groups is 1. The summed E-state index contributed by atoms with van der Waals surface area (Å²) < 4.78 is 0. The molecule has 2 rings (SSSR count). The smallest absolute Gasteiger partial charge is 0.186 e. The van der Waals surface area contributed by atoms with Crippen molar-refractivity contribution in [3.8, 4) is 0 Å². The fourth-order valence-corrected chi connectivity index (χ4v) is 2.61. The molecule has 1 aromatic rings. The SMILES string of the molecule is N[C@H]1CCCN(CC(=O)c2cccs2)C1. The Morgan fingerprint density at radius 2 is 2.53 bits per heavy atom. The first kappa shape index (κ1) is 10.8. The van der Waals surface area contributed by atoms with Gasteiger partial charge in [-0.2, -0.15) is 0 Å². The summed E-state index contributed by atoms with van der Waals surface area (Å²) >= 11 is 1.51. The van der Waals surface area contributed by atoms with Crippen molar-refractivity contribution in [2.24, 2.45) is 5.73 Å². The van der Waals surface area contributed by atoms with Crippen molar-refractivity contribution in [3.05, 3.63) is 22.4 Å². The molecule has 1 aliphatic heterocycles. The van der Waals surface area contributed by atoms with Crippen molar-refractivity contribution >= 4 is 17.1 Å². The molecule has 82 valence electrons. The molecule has 1 atom stereocenters. The lowest BCUT2D eigenvalue weighted by molar-refractivity contribution is 0.0912. The summed E-state index contributed by atoms with van der Waals surface area (Å²) in [5, 5.41) is 1.94. The van der Waals surface area contributed by atoms with Crippen LogP contribution in [0.4, 0.5) is 0 Å². The zero-order chi connectivity index (χ0) is 10.7. The molecule has 1 saturated heterocycles. The van der Waals surface area contributed by atoms with Crippen molar-refractivity contribution in [2.75, 3.05) is 19.6 Å². The Hall–Kier alpha value is -0.710. The molecule has 0 saturated carbocycles. The summed E-state index contributed by atoms with van der Waals surface area (Å²) in [6, 6.07) is 4.05. The van der Waals surface area contributed by atoms with Gasteiger partial charge in [0.05, 0.1) is 11.4 Å². The Morgan fingerprint density at radius 3 is 3.20 bits per heavy atom. The van der Waals surface area contributed by atoms with E-state index in [1.807, 2.05) is 17.5 Å². The Kier molecular flexibility index (Phi) is 3.51. The minimum Gasteiger partial charge on any atom is -0.327 e. The second-order valence-corrected chi connectivity index (χ2v) is 4.99. The number of nitrogens with zero attached hydrogens (tertiary/aromatic N) is 1. The van der Waals surface area contributed by atoms with Gasteiger partial charge in [-0.05, 0) is 30.8 Å². The predicted octanol–water partition coefficient (Wildman–Crippen LogP) is 1.35. The standard InChI is InChI=1S/C11H16N2OS/c12-9-3-1-5-13(7-9)8-10(14)11-4-2-6-15-11/h2,4,6,9H,1,3,5,7-8,12H2/t9-/m0/s1. The molecule has 15 heavy (non-hydrogen) atoms. The molecule has 0 bridgehead atoms. The molecule has 1 aromatic heterocycles. The highest BCUT2D eigenvalue weighted by molar-refractivity contribution is 7.12. The second kappa shape index (κ2) is 4.88. The Morgan fingerprint density at radius 1 is 1.67 bits per heavy atom. The van der Waals surface area contributed by atoms with Crippen LogP contribution in [-0.2, 0) is 0 Å². The molecule has 4 heteroatoms. The van der Waals surface area contributed by atoms with Gasteiger partial charge in [0, 0.05) is 12.6 Å². The van der Waals surface area contributed by atoms with E-state index in [2.05, 4.69) is 4.90 Å². The van der Waals surface area contributed by atoms with Gasteiger partial charge in [-0.25, -0.2) is 0 Å². The first-order valence-electron chi connectivity index (χ1n) is 5.30. The largest absolute Gasteiger partial charge is 0.327 e. The van der Waals surface area contributed by atoms with Crippen LogP contribution >= 0.6 is 11.3 Å². The molecule has 0 radical (unpaired) electrons. The molecule has 3 nitrogen and oxygen atoms in total. The van der Waals surface area contributed by atoms with E-state index in [1.54, 1.807) is 0 Å². The monoisotopic (exact) mass is 224 g/mol. The van der Waals surface area contributed by atoms with Gasteiger partial charge >= 0.3 is 0 Å². The van der Waals surface area contributed by atoms with Gasteiger partial charge in [0.25, 0.3) is 0 Å². The molecular formula is C11H16N2OS. The zero-order valence-electron chi connectivity index (χ0n) is 8.69. The number of nitrogens with two attached hydrogens (primary N) is 1. The second-order valence-electron chi connectivity index (χ2n) is 4.04. The highest BCUT2D eigenvalue weighted by Crippen LogP contribution is 2.13. The first-order chi connectivity index (χ1) is 7.25. The minimum absolute atomic E-state index is 0.221. The summed E-state index contributed by atoms with van der Waals surface area (Å²) in [6.45, 7) is 2.39. The Labute approximate surface area is 93.9 Å². The van der Waals surface area contributed by atoms with E-state index >= 15 is 0 Å². The van der Waals surface area contributed by atoms with Crippen molar-refractivity contribution in [3.63, 3.8) is 0 Å². The molecular weight excluding hydrogens is 208 g/mol. The van der Waals surface area contributed by atoms with Crippen LogP contribution in [0.2, 0.25) is 0 Å². The number of ketones is 1. The van der Waals surface area contributed by atoms with Crippen LogP contribution in [0.15, 0.2) is 17.5 Å². The number of thiophene rings is 1. The third kappa shape index (κ3) is 2.87. The average molecular weight is 224 g/mol. The van der Waals surface area contributed by atoms with Gasteiger partial charge in [-0.3, -0.25) is 9.69 Å². The molecule has 0 unspecified atom stereocenters. The van der Waals surface area contributed by atoms with Crippen LogP contribution in [0, 0.1) is 0 Å². The van der Waals surface area contributed by atoms with Crippen molar-refractivity contribution in [1.29, 1.82) is 0 Å². The average Bonchev–Trinajstić information content (AvgIpc) is 2.70. The normalized spacial score (nSPS) is 22.9. The van der Waals surface area contributed by atoms with E-state index < -0.39 is 0 Å². The third-order valence-corrected chi connectivity index (χ3v) is 3.62. The number of hydrogen-bond donors (Lipinski definition) is 1. The quantitative estimate of drug-likeness (QED) is 0.788. The van der Waals surface area contributed by atoms with E-state index in [-0.39, 0.29) is 11.8 Å². The maximum absolute atomic E-state index is 11.8. The van der Waals surface area contributed by atoms with Crippen molar-refractivity contribution < 1.29 is 4.79 Å². The van der Waals surface area contributed by atoms with Gasteiger partial charge in [0.1, 0.15) is 0 Å². The summed E-state index contributed by atoms with van der Waals surface area (Å²) in [7, 11) is 0. The lowest BCUT2D eigenvalue weighted by Crippen LogP contribution is -2.44. The lowest BCUT2D eigenvalue weighted by Gasteiger charge is -2.29. The van der Waals surface area contributed by atoms with Gasteiger partial charge in [0.15, 0.2) is 5.78 Å². The Bertz CT molecular complexity index is 323. The van der Waals surface area contributed by atoms with Crippen molar-refractivity contribution in [2.45, 2.75) is 18.9 Å². The third-order valence-electron chi connectivity index (χ3n) is 2.71. The summed E-state index contributed by atoms with van der Waals surface area (Å²) in [6.07, 6.45) is 2.20. The number of likely N-dealkylation sites (tertiary alicyclic amines) is 1. The van der Waals surface area contributed by atoms with E-state index in [4.69, 9.17) is 5.73 Å². The molecule has 0 spiro atoms. The highest BCUT2D eigenvalue weighted by atomic mass is 32.1. The minimum atomic E-state index is 0.221. The Balaban J connectivity index is 1.89. The lowest BCUT2D eigenvalue weighted by atomic mass is 10.1. The fourth-order valence-electron chi connectivity index (χ4n) is 1.95. The van der Waals surface area contributed by atoms with Gasteiger partial charge in [-0.1, -0.05) is 6.07 Å². The van der Waals surface area contributed by atoms with Crippen LogP contribution < -0.4 is 5.73 Å². The zero-order valence-corrected chi connectivity index (χ0v) is 9.50. The van der Waals surface area contributed by atoms with E-state index in [0.717, 1.165) is 30.8 Å². The maximum Gasteiger partial charge on any atom is 0.186 e. The highest BCUT2D eigenvalue weighted by Gasteiger charge is 2.19. The van der Waals surface area contributed by atoms with E-state index in [9.17, 15) is 4.79 Å². The van der Waals surface area contributed by atoms with E-state index in [0.29, 0.717) is 6.54 Å². The molecule has 0 amide bonds. The molecule has 2 heterocycles. The summed E-state index contributed by atoms with van der Waals surface area (Å²) in [5.41, 5.74) is 5.87. The first-order valence-corrected chi connectivity index (χ1v) is 6.18. The van der Waals surface area contributed by atoms with E-state index in [1.165, 1.54) is 11.3 Å². The fraction of sp³-hybridized carbons (Fsp3) is 0.545. The maximum atomic E-state index is 11.8. The number of rotatable bonds is 3. The predicted molar refractivity (Wildman–Crippen MR) is 62.3 cm³/mol. The molecule has 1 aliphatic rings. The van der Waals surface area contributed by atoms with Gasteiger partial charge < -0.3 is 5.73 Å². The molecule has 0 aromatic carbocycles. The number of carbonyl (C=O) groups excluding carboxylic acids is 1. The van der Waals surface area contributed by atoms with Gasteiger partial charge in [0.2, 0.25) is 0 Å². The van der Waals surface area contributed by atoms with Crippen LogP contribution in [0.25, 0.3) is 0 Å². The summed E-state index contributed by atoms with van der Waals surface area (Å²) in [4.78, 5) is 14.8. The van der Waals surface area contributed by atoms with Crippen LogP contribution in [0.3, 0.4) is 0 Å². The van der Waals surface area contributed by atoms with Gasteiger partial charge in [-0.15, -0.1) is 11.3 Å². The molecule has 2 N–H and O–H groups in total. The number of Topliss-reactive ketones (excluding diaryl/α,β-unsaturated/α-hetero) is 1. The van der Waals surface area contributed by atoms with Crippen molar-refractivity contribution in [1.82, 2.24) is 4.90 Å².